The number of hydrogen-bond donors (Lipinski definition) is 1. The van der Waals surface area contributed by atoms with Crippen molar-refractivity contribution in [2.24, 2.45) is 0 Å². The minimum Gasteiger partial charge on any atom is -0.375 e. The van der Waals surface area contributed by atoms with Crippen LogP contribution in [0.15, 0.2) is 54.6 Å². The first-order valence-corrected chi connectivity index (χ1v) is 7.88. The van der Waals surface area contributed by atoms with Gasteiger partial charge in [-0.2, -0.15) is 0 Å². The van der Waals surface area contributed by atoms with Crippen LogP contribution in [0.1, 0.15) is 5.56 Å². The van der Waals surface area contributed by atoms with Crippen molar-refractivity contribution < 1.29 is 14.3 Å². The molecule has 4 aromatic carbocycles. The highest BCUT2D eigenvalue weighted by Crippen LogP contribution is 2.36. The monoisotopic (exact) mass is 315 g/mol. The highest BCUT2D eigenvalue weighted by Gasteiger charge is 2.32. The van der Waals surface area contributed by atoms with Crippen molar-refractivity contribution in [2.75, 3.05) is 0 Å². The Morgan fingerprint density at radius 3 is 2.21 bits per heavy atom. The molecule has 1 aliphatic heterocycles. The second-order valence-corrected chi connectivity index (χ2v) is 6.19. The number of amides is 1. The lowest BCUT2D eigenvalue weighted by molar-refractivity contribution is -0.135. The Balaban J connectivity index is 1.75. The van der Waals surface area contributed by atoms with E-state index in [1.165, 1.54) is 26.9 Å². The predicted octanol–water partition coefficient (Wildman–Crippen LogP) is 3.76. The average Bonchev–Trinajstić information content (AvgIpc) is 2.91. The molecule has 1 heterocycles. The van der Waals surface area contributed by atoms with Crippen LogP contribution in [0.4, 0.5) is 4.79 Å². The second kappa shape index (κ2) is 4.68. The highest BCUT2D eigenvalue weighted by atomic mass is 16.6. The fourth-order valence-electron chi connectivity index (χ4n) is 3.72. The van der Waals surface area contributed by atoms with Gasteiger partial charge in [0, 0.05) is 6.42 Å². The molecule has 1 fully saturated rings. The zero-order chi connectivity index (χ0) is 16.3. The van der Waals surface area contributed by atoms with E-state index in [0.717, 1.165) is 10.9 Å². The molecule has 0 aromatic heterocycles. The van der Waals surface area contributed by atoms with E-state index < -0.39 is 18.1 Å². The molecule has 0 saturated carbocycles. The average molecular weight is 315 g/mol. The van der Waals surface area contributed by atoms with Gasteiger partial charge in [-0.25, -0.2) is 9.59 Å². The molecule has 24 heavy (non-hydrogen) atoms. The van der Waals surface area contributed by atoms with Crippen LogP contribution in [-0.4, -0.2) is 18.1 Å². The van der Waals surface area contributed by atoms with E-state index in [2.05, 4.69) is 58.6 Å². The number of carbonyl (C=O) groups is 2. The number of alkyl carbamates (subject to hydrolysis) is 1. The van der Waals surface area contributed by atoms with E-state index in [1.807, 2.05) is 6.07 Å². The third kappa shape index (κ3) is 1.80. The van der Waals surface area contributed by atoms with Crippen LogP contribution in [0.3, 0.4) is 0 Å². The van der Waals surface area contributed by atoms with Crippen LogP contribution < -0.4 is 5.32 Å². The third-order valence-electron chi connectivity index (χ3n) is 4.81. The van der Waals surface area contributed by atoms with Gasteiger partial charge in [0.2, 0.25) is 0 Å². The molecule has 0 aliphatic carbocycles. The summed E-state index contributed by atoms with van der Waals surface area (Å²) in [5.74, 6) is -0.509. The number of hydrogen-bond acceptors (Lipinski definition) is 3. The predicted molar refractivity (Wildman–Crippen MR) is 92.3 cm³/mol. The van der Waals surface area contributed by atoms with Crippen LogP contribution in [0.5, 0.6) is 0 Å². The topological polar surface area (TPSA) is 55.4 Å². The van der Waals surface area contributed by atoms with Gasteiger partial charge < -0.3 is 10.1 Å². The van der Waals surface area contributed by atoms with E-state index in [0.29, 0.717) is 6.42 Å². The minimum absolute atomic E-state index is 0.429. The summed E-state index contributed by atoms with van der Waals surface area (Å²) < 4.78 is 4.58. The molecule has 116 valence electrons. The molecular formula is C20H13NO3. The number of benzene rings is 4. The Labute approximate surface area is 137 Å². The molecule has 0 radical (unpaired) electrons. The first kappa shape index (κ1) is 13.3. The second-order valence-electron chi connectivity index (χ2n) is 6.19. The molecular weight excluding hydrogens is 302 g/mol. The summed E-state index contributed by atoms with van der Waals surface area (Å²) in [6.45, 7) is 0. The molecule has 1 atom stereocenters. The van der Waals surface area contributed by atoms with Crippen molar-refractivity contribution in [1.82, 2.24) is 5.32 Å². The standard InChI is InChI=1S/C20H13NO3/c22-19-16(21-20(23)24-19)10-14-7-6-13-5-4-11-2-1-3-12-8-9-15(14)18(13)17(11)12/h1-9,16H,10H2,(H,21,23)/t16-/m0/s1. The smallest absolute Gasteiger partial charge is 0.375 e. The zero-order valence-electron chi connectivity index (χ0n) is 12.7. The Kier molecular flexibility index (Phi) is 2.59. The number of ether oxygens (including phenoxy) is 1. The first-order chi connectivity index (χ1) is 11.7. The fraction of sp³-hybridized carbons (Fsp3) is 0.100. The molecule has 1 amide bonds. The lowest BCUT2D eigenvalue weighted by atomic mass is 9.90. The van der Waals surface area contributed by atoms with Gasteiger partial charge in [0.1, 0.15) is 6.04 Å². The molecule has 4 nitrogen and oxygen atoms in total. The van der Waals surface area contributed by atoms with E-state index in [-0.39, 0.29) is 0 Å². The van der Waals surface area contributed by atoms with Crippen LogP contribution in [0, 0.1) is 0 Å². The molecule has 4 heteroatoms. The Morgan fingerprint density at radius 2 is 1.50 bits per heavy atom. The summed E-state index contributed by atoms with van der Waals surface area (Å²) in [6, 6.07) is 18.2. The lowest BCUT2D eigenvalue weighted by Gasteiger charge is -2.14. The van der Waals surface area contributed by atoms with E-state index >= 15 is 0 Å². The molecule has 5 rings (SSSR count). The Bertz CT molecular complexity index is 1120. The SMILES string of the molecule is O=C1N[C@@H](Cc2ccc3ccc4cccc5ccc2c3c45)C(=O)O1. The normalized spacial score (nSPS) is 17.8. The van der Waals surface area contributed by atoms with Gasteiger partial charge in [-0.1, -0.05) is 54.6 Å². The molecule has 0 spiro atoms. The maximum absolute atomic E-state index is 11.8. The van der Waals surface area contributed by atoms with Crippen molar-refractivity contribution in [2.45, 2.75) is 12.5 Å². The summed E-state index contributed by atoms with van der Waals surface area (Å²) in [5.41, 5.74) is 1.03. The molecule has 0 unspecified atom stereocenters. The largest absolute Gasteiger partial charge is 0.415 e. The number of esters is 1. The molecule has 1 N–H and O–H groups in total. The number of carbonyl (C=O) groups excluding carboxylic acids is 2. The van der Waals surface area contributed by atoms with E-state index in [1.54, 1.807) is 0 Å². The summed E-state index contributed by atoms with van der Waals surface area (Å²) in [5, 5.41) is 9.72. The van der Waals surface area contributed by atoms with Gasteiger partial charge in [-0.3, -0.25) is 0 Å². The summed E-state index contributed by atoms with van der Waals surface area (Å²) in [4.78, 5) is 23.0. The number of nitrogens with one attached hydrogen (secondary N) is 1. The van der Waals surface area contributed by atoms with Crippen molar-refractivity contribution >= 4 is 44.4 Å². The van der Waals surface area contributed by atoms with E-state index in [4.69, 9.17) is 0 Å². The molecule has 4 aromatic rings. The maximum Gasteiger partial charge on any atom is 0.415 e. The van der Waals surface area contributed by atoms with Crippen LogP contribution in [-0.2, 0) is 16.0 Å². The minimum atomic E-state index is -0.664. The van der Waals surface area contributed by atoms with Gasteiger partial charge in [-0.15, -0.1) is 0 Å². The third-order valence-corrected chi connectivity index (χ3v) is 4.81. The van der Waals surface area contributed by atoms with Gasteiger partial charge in [0.05, 0.1) is 0 Å². The molecule has 1 aliphatic rings. The summed E-state index contributed by atoms with van der Waals surface area (Å²) in [7, 11) is 0. The number of rotatable bonds is 2. The van der Waals surface area contributed by atoms with Crippen LogP contribution >= 0.6 is 0 Å². The van der Waals surface area contributed by atoms with Gasteiger partial charge in [0.15, 0.2) is 0 Å². The van der Waals surface area contributed by atoms with Crippen LogP contribution in [0.2, 0.25) is 0 Å². The quantitative estimate of drug-likeness (QED) is 0.348. The van der Waals surface area contributed by atoms with Gasteiger partial charge in [-0.05, 0) is 37.9 Å². The van der Waals surface area contributed by atoms with Crippen molar-refractivity contribution in [1.29, 1.82) is 0 Å². The van der Waals surface area contributed by atoms with Crippen molar-refractivity contribution in [3.05, 3.63) is 60.2 Å². The molecule has 1 saturated heterocycles. The fourth-order valence-corrected chi connectivity index (χ4v) is 3.72. The van der Waals surface area contributed by atoms with Crippen molar-refractivity contribution in [3.63, 3.8) is 0 Å². The zero-order valence-corrected chi connectivity index (χ0v) is 12.7. The van der Waals surface area contributed by atoms with Crippen molar-refractivity contribution in [3.8, 4) is 0 Å². The highest BCUT2D eigenvalue weighted by molar-refractivity contribution is 6.23. The van der Waals surface area contributed by atoms with Gasteiger partial charge in [0.25, 0.3) is 0 Å². The summed E-state index contributed by atoms with van der Waals surface area (Å²) >= 11 is 0. The number of cyclic esters (lactones) is 2. The summed E-state index contributed by atoms with van der Waals surface area (Å²) in [6.07, 6.45) is -0.235. The maximum atomic E-state index is 11.8. The Morgan fingerprint density at radius 1 is 0.833 bits per heavy atom. The van der Waals surface area contributed by atoms with Gasteiger partial charge >= 0.3 is 12.1 Å². The Hall–Kier alpha value is -3.14. The first-order valence-electron chi connectivity index (χ1n) is 7.88. The van der Waals surface area contributed by atoms with Crippen LogP contribution in [0.25, 0.3) is 32.3 Å². The van der Waals surface area contributed by atoms with E-state index in [9.17, 15) is 9.59 Å². The molecule has 0 bridgehead atoms. The lowest BCUT2D eigenvalue weighted by Crippen LogP contribution is -2.30.